The second-order valence-corrected chi connectivity index (χ2v) is 10.8. The van der Waals surface area contributed by atoms with Crippen LogP contribution in [0.1, 0.15) is 35.7 Å². The Bertz CT molecular complexity index is 1380. The highest BCUT2D eigenvalue weighted by molar-refractivity contribution is 7.90. The van der Waals surface area contributed by atoms with E-state index in [-0.39, 0.29) is 10.8 Å². The van der Waals surface area contributed by atoms with Crippen LogP contribution in [-0.4, -0.2) is 56.8 Å². The van der Waals surface area contributed by atoms with Crippen LogP contribution in [0.3, 0.4) is 0 Å². The average Bonchev–Trinajstić information content (AvgIpc) is 2.89. The van der Waals surface area contributed by atoms with Gasteiger partial charge < -0.3 is 16.0 Å². The Morgan fingerprint density at radius 3 is 2.28 bits per heavy atom. The van der Waals surface area contributed by atoms with E-state index in [1.807, 2.05) is 19.1 Å². The first-order valence-corrected chi connectivity index (χ1v) is 13.5. The number of amides is 2. The summed E-state index contributed by atoms with van der Waals surface area (Å²) in [4.78, 5) is 26.4. The summed E-state index contributed by atoms with van der Waals surface area (Å²) in [5.41, 5.74) is 1.89. The first-order chi connectivity index (χ1) is 17.3. The lowest BCUT2D eigenvalue weighted by atomic mass is 10.1. The molecule has 0 bridgehead atoms. The minimum Gasteiger partial charge on any atom is -0.321 e. The van der Waals surface area contributed by atoms with Gasteiger partial charge in [-0.1, -0.05) is 42.5 Å². The second kappa shape index (κ2) is 10.8. The number of carbonyl (C=O) groups excluding carboxylic acids is 2. The van der Waals surface area contributed by atoms with Crippen molar-refractivity contribution in [3.63, 3.8) is 0 Å². The standard InChI is InChI=1S/C27H32N4O4S/c1-18-8-4-5-9-21(18)26(32)30-24-12-13-25(23-11-7-6-10-22(23)24)36(34,35)31(27(33)19(2)28-3)20-14-16-29-17-15-20/h4-13,19-20,28-29H,14-17H2,1-3H3,(H,30,32). The zero-order valence-electron chi connectivity index (χ0n) is 20.7. The van der Waals surface area contributed by atoms with Gasteiger partial charge in [-0.05, 0) is 70.6 Å². The van der Waals surface area contributed by atoms with Crippen molar-refractivity contribution in [2.75, 3.05) is 25.5 Å². The summed E-state index contributed by atoms with van der Waals surface area (Å²) in [7, 11) is -2.55. The lowest BCUT2D eigenvalue weighted by Crippen LogP contribution is -2.53. The summed E-state index contributed by atoms with van der Waals surface area (Å²) in [6.45, 7) is 4.81. The highest BCUT2D eigenvalue weighted by atomic mass is 32.2. The molecule has 1 aliphatic heterocycles. The van der Waals surface area contributed by atoms with Crippen LogP contribution in [-0.2, 0) is 14.8 Å². The Balaban J connectivity index is 1.78. The molecule has 1 atom stereocenters. The number of benzene rings is 3. The van der Waals surface area contributed by atoms with E-state index in [4.69, 9.17) is 0 Å². The molecule has 1 saturated heterocycles. The fourth-order valence-electron chi connectivity index (χ4n) is 4.58. The Labute approximate surface area is 212 Å². The molecule has 2 amide bonds. The summed E-state index contributed by atoms with van der Waals surface area (Å²) in [6, 6.07) is 16.3. The Morgan fingerprint density at radius 2 is 1.61 bits per heavy atom. The fourth-order valence-corrected chi connectivity index (χ4v) is 6.48. The molecular weight excluding hydrogens is 476 g/mol. The molecular formula is C27H32N4O4S. The number of likely N-dealkylation sites (N-methyl/N-ethyl adjacent to an activating group) is 1. The normalized spacial score (nSPS) is 15.4. The van der Waals surface area contributed by atoms with Gasteiger partial charge in [0.25, 0.3) is 21.8 Å². The SMILES string of the molecule is CNC(C)C(=O)N(C1CCNCC1)S(=O)(=O)c1ccc(NC(=O)c2ccccc2C)c2ccccc12. The van der Waals surface area contributed by atoms with Crippen LogP contribution in [0, 0.1) is 6.92 Å². The van der Waals surface area contributed by atoms with E-state index in [0.29, 0.717) is 48.0 Å². The molecule has 1 heterocycles. The molecule has 0 spiro atoms. The number of hydrogen-bond acceptors (Lipinski definition) is 6. The van der Waals surface area contributed by atoms with E-state index in [2.05, 4.69) is 16.0 Å². The molecule has 0 radical (unpaired) electrons. The van der Waals surface area contributed by atoms with Crippen LogP contribution in [0.5, 0.6) is 0 Å². The Kier molecular flexibility index (Phi) is 7.73. The average molecular weight is 509 g/mol. The van der Waals surface area contributed by atoms with E-state index < -0.39 is 28.0 Å². The topological polar surface area (TPSA) is 108 Å². The minimum absolute atomic E-state index is 0.0437. The van der Waals surface area contributed by atoms with Crippen LogP contribution in [0.2, 0.25) is 0 Å². The Hall–Kier alpha value is -3.27. The van der Waals surface area contributed by atoms with Gasteiger partial charge in [-0.25, -0.2) is 12.7 Å². The number of sulfonamides is 1. The number of anilines is 1. The van der Waals surface area contributed by atoms with Gasteiger partial charge in [0.05, 0.1) is 17.0 Å². The fraction of sp³-hybridized carbons (Fsp3) is 0.333. The summed E-state index contributed by atoms with van der Waals surface area (Å²) in [5, 5.41) is 10.1. The zero-order valence-corrected chi connectivity index (χ0v) is 21.6. The van der Waals surface area contributed by atoms with Crippen molar-refractivity contribution in [3.8, 4) is 0 Å². The highest BCUT2D eigenvalue weighted by Crippen LogP contribution is 2.33. The third kappa shape index (κ3) is 5.00. The van der Waals surface area contributed by atoms with Crippen LogP contribution in [0.25, 0.3) is 10.8 Å². The van der Waals surface area contributed by atoms with Crippen molar-refractivity contribution >= 4 is 38.3 Å². The van der Waals surface area contributed by atoms with E-state index in [9.17, 15) is 18.0 Å². The third-order valence-corrected chi connectivity index (χ3v) is 8.63. The highest BCUT2D eigenvalue weighted by Gasteiger charge is 2.39. The Morgan fingerprint density at radius 1 is 0.972 bits per heavy atom. The molecule has 1 unspecified atom stereocenters. The van der Waals surface area contributed by atoms with Crippen LogP contribution in [0.4, 0.5) is 5.69 Å². The lowest BCUT2D eigenvalue weighted by molar-refractivity contribution is -0.130. The number of hydrogen-bond donors (Lipinski definition) is 3. The quantitative estimate of drug-likeness (QED) is 0.452. The monoisotopic (exact) mass is 508 g/mol. The molecule has 0 aromatic heterocycles. The van der Waals surface area contributed by atoms with E-state index >= 15 is 0 Å². The third-order valence-electron chi connectivity index (χ3n) is 6.72. The molecule has 1 fully saturated rings. The predicted octanol–water partition coefficient (Wildman–Crippen LogP) is 3.28. The maximum absolute atomic E-state index is 14.1. The smallest absolute Gasteiger partial charge is 0.267 e. The molecule has 0 saturated carbocycles. The largest absolute Gasteiger partial charge is 0.321 e. The van der Waals surface area contributed by atoms with Crippen LogP contribution in [0.15, 0.2) is 65.6 Å². The summed E-state index contributed by atoms with van der Waals surface area (Å²) < 4.78 is 29.2. The first-order valence-electron chi connectivity index (χ1n) is 12.1. The number of nitrogens with one attached hydrogen (secondary N) is 3. The number of carbonyl (C=O) groups is 2. The van der Waals surface area contributed by atoms with Gasteiger partial charge in [-0.3, -0.25) is 9.59 Å². The number of fused-ring (bicyclic) bond motifs is 1. The molecule has 0 aliphatic carbocycles. The maximum Gasteiger partial charge on any atom is 0.267 e. The van der Waals surface area contributed by atoms with Crippen molar-refractivity contribution in [2.45, 2.75) is 43.7 Å². The van der Waals surface area contributed by atoms with E-state index in [1.54, 1.807) is 56.4 Å². The van der Waals surface area contributed by atoms with E-state index in [1.165, 1.54) is 6.07 Å². The molecule has 36 heavy (non-hydrogen) atoms. The van der Waals surface area contributed by atoms with Crippen molar-refractivity contribution in [1.82, 2.24) is 14.9 Å². The molecule has 4 rings (SSSR count). The number of nitrogens with zero attached hydrogens (tertiary/aromatic N) is 1. The zero-order chi connectivity index (χ0) is 25.9. The summed E-state index contributed by atoms with van der Waals surface area (Å²) in [6.07, 6.45) is 1.09. The summed E-state index contributed by atoms with van der Waals surface area (Å²) in [5.74, 6) is -0.756. The molecule has 1 aliphatic rings. The molecule has 8 nitrogen and oxygen atoms in total. The summed E-state index contributed by atoms with van der Waals surface area (Å²) >= 11 is 0. The van der Waals surface area contributed by atoms with Gasteiger partial charge in [0.2, 0.25) is 0 Å². The number of rotatable bonds is 7. The van der Waals surface area contributed by atoms with Crippen LogP contribution < -0.4 is 16.0 Å². The van der Waals surface area contributed by atoms with Gasteiger partial charge >= 0.3 is 0 Å². The van der Waals surface area contributed by atoms with Crippen molar-refractivity contribution in [1.29, 1.82) is 0 Å². The number of aryl methyl sites for hydroxylation is 1. The molecule has 190 valence electrons. The van der Waals surface area contributed by atoms with Gasteiger partial charge in [0.1, 0.15) is 0 Å². The van der Waals surface area contributed by atoms with Gasteiger partial charge in [-0.2, -0.15) is 0 Å². The minimum atomic E-state index is -4.18. The van der Waals surface area contributed by atoms with Crippen molar-refractivity contribution < 1.29 is 18.0 Å². The van der Waals surface area contributed by atoms with Gasteiger partial charge in [-0.15, -0.1) is 0 Å². The molecule has 3 N–H and O–H groups in total. The van der Waals surface area contributed by atoms with Crippen LogP contribution >= 0.6 is 0 Å². The predicted molar refractivity (Wildman–Crippen MR) is 142 cm³/mol. The van der Waals surface area contributed by atoms with Crippen molar-refractivity contribution in [3.05, 3.63) is 71.8 Å². The van der Waals surface area contributed by atoms with Crippen molar-refractivity contribution in [2.24, 2.45) is 0 Å². The molecule has 3 aromatic carbocycles. The van der Waals surface area contributed by atoms with Gasteiger partial charge in [0.15, 0.2) is 0 Å². The number of piperidine rings is 1. The maximum atomic E-state index is 14.1. The second-order valence-electron chi connectivity index (χ2n) is 9.06. The first kappa shape index (κ1) is 25.8. The molecule has 3 aromatic rings. The lowest BCUT2D eigenvalue weighted by Gasteiger charge is -2.35. The molecule has 9 heteroatoms. The van der Waals surface area contributed by atoms with Gasteiger partial charge in [0, 0.05) is 22.0 Å². The van der Waals surface area contributed by atoms with E-state index in [0.717, 1.165) is 9.87 Å².